The summed E-state index contributed by atoms with van der Waals surface area (Å²) in [5.74, 6) is 0.939. The Bertz CT molecular complexity index is 458. The molecular weight excluding hydrogens is 266 g/mol. The fraction of sp³-hybridized carbons (Fsp3) is 0.529. The second-order valence-electron chi connectivity index (χ2n) is 5.79. The van der Waals surface area contributed by atoms with Crippen LogP contribution in [0.1, 0.15) is 27.2 Å². The second-order valence-corrected chi connectivity index (χ2v) is 6.86. The van der Waals surface area contributed by atoms with Gasteiger partial charge < -0.3 is 10.1 Å². The highest BCUT2D eigenvalue weighted by Crippen LogP contribution is 2.45. The van der Waals surface area contributed by atoms with Crippen LogP contribution in [-0.4, -0.2) is 24.5 Å². The first-order chi connectivity index (χ1) is 9.59. The Morgan fingerprint density at radius 1 is 1.45 bits per heavy atom. The highest BCUT2D eigenvalue weighted by atomic mass is 32.2. The molecule has 2 rings (SSSR count). The Morgan fingerprint density at radius 3 is 2.85 bits per heavy atom. The van der Waals surface area contributed by atoms with Crippen molar-refractivity contribution in [2.45, 2.75) is 44.2 Å². The molecule has 2 unspecified atom stereocenters. The first-order valence-electron chi connectivity index (χ1n) is 7.30. The van der Waals surface area contributed by atoms with Gasteiger partial charge >= 0.3 is 0 Å². The van der Waals surface area contributed by atoms with Gasteiger partial charge in [-0.05, 0) is 25.5 Å². The Kier molecular flexibility index (Phi) is 5.17. The van der Waals surface area contributed by atoms with Crippen molar-refractivity contribution in [1.82, 2.24) is 0 Å². The molecule has 1 aliphatic carbocycles. The van der Waals surface area contributed by atoms with Gasteiger partial charge in [-0.3, -0.25) is 0 Å². The van der Waals surface area contributed by atoms with Crippen LogP contribution < -0.4 is 5.32 Å². The van der Waals surface area contributed by atoms with Crippen LogP contribution in [-0.2, 0) is 4.74 Å². The average molecular weight is 291 g/mol. The number of nitrogens with one attached hydrogen (secondary N) is 1. The van der Waals surface area contributed by atoms with E-state index in [4.69, 9.17) is 4.74 Å². The van der Waals surface area contributed by atoms with Crippen LogP contribution >= 0.6 is 11.8 Å². The summed E-state index contributed by atoms with van der Waals surface area (Å²) in [4.78, 5) is 1.29. The van der Waals surface area contributed by atoms with Gasteiger partial charge in [-0.1, -0.05) is 32.1 Å². The highest BCUT2D eigenvalue weighted by molar-refractivity contribution is 7.99. The molecule has 3 heteroatoms. The van der Waals surface area contributed by atoms with E-state index in [0.29, 0.717) is 12.1 Å². The predicted octanol–water partition coefficient (Wildman–Crippen LogP) is 4.58. The quantitative estimate of drug-likeness (QED) is 0.587. The van der Waals surface area contributed by atoms with E-state index in [1.807, 2.05) is 17.8 Å². The van der Waals surface area contributed by atoms with E-state index in [0.717, 1.165) is 18.8 Å². The first kappa shape index (κ1) is 15.5. The molecule has 0 radical (unpaired) electrons. The highest BCUT2D eigenvalue weighted by Gasteiger charge is 2.48. The molecule has 0 aliphatic heterocycles. The molecule has 0 spiro atoms. The third-order valence-corrected chi connectivity index (χ3v) is 5.19. The lowest BCUT2D eigenvalue weighted by Crippen LogP contribution is -2.58. The van der Waals surface area contributed by atoms with Crippen molar-refractivity contribution in [3.63, 3.8) is 0 Å². The molecule has 0 saturated heterocycles. The summed E-state index contributed by atoms with van der Waals surface area (Å²) < 4.78 is 5.80. The summed E-state index contributed by atoms with van der Waals surface area (Å²) in [6.45, 7) is 11.2. The van der Waals surface area contributed by atoms with Crippen LogP contribution in [0.25, 0.3) is 0 Å². The van der Waals surface area contributed by atoms with Gasteiger partial charge in [0.2, 0.25) is 0 Å². The van der Waals surface area contributed by atoms with Crippen LogP contribution in [0.3, 0.4) is 0 Å². The van der Waals surface area contributed by atoms with Gasteiger partial charge in [0.25, 0.3) is 0 Å². The van der Waals surface area contributed by atoms with Gasteiger partial charge in [0.05, 0.1) is 6.10 Å². The SMILES string of the molecule is C=CCSc1ccccc1NC1CC(OCC)C1(C)C. The number of ether oxygens (including phenoxy) is 1. The Labute approximate surface area is 127 Å². The average Bonchev–Trinajstić information content (AvgIpc) is 2.45. The number of para-hydroxylation sites is 1. The number of hydrogen-bond acceptors (Lipinski definition) is 3. The van der Waals surface area contributed by atoms with E-state index in [1.165, 1.54) is 10.6 Å². The van der Waals surface area contributed by atoms with Crippen LogP contribution in [0.15, 0.2) is 41.8 Å². The molecule has 0 bridgehead atoms. The van der Waals surface area contributed by atoms with Crippen molar-refractivity contribution in [2.24, 2.45) is 5.41 Å². The smallest absolute Gasteiger partial charge is 0.0665 e. The lowest BCUT2D eigenvalue weighted by Gasteiger charge is -2.52. The van der Waals surface area contributed by atoms with Gasteiger partial charge in [-0.2, -0.15) is 0 Å². The normalized spacial score (nSPS) is 23.9. The van der Waals surface area contributed by atoms with E-state index in [-0.39, 0.29) is 5.41 Å². The van der Waals surface area contributed by atoms with Gasteiger partial charge in [0, 0.05) is 34.4 Å². The third-order valence-electron chi connectivity index (χ3n) is 4.12. The maximum atomic E-state index is 5.80. The van der Waals surface area contributed by atoms with Crippen molar-refractivity contribution in [2.75, 3.05) is 17.7 Å². The van der Waals surface area contributed by atoms with Crippen molar-refractivity contribution < 1.29 is 4.74 Å². The molecule has 110 valence electrons. The largest absolute Gasteiger partial charge is 0.381 e. The first-order valence-corrected chi connectivity index (χ1v) is 8.29. The Hall–Kier alpha value is -0.930. The van der Waals surface area contributed by atoms with E-state index in [2.05, 4.69) is 56.9 Å². The Morgan fingerprint density at radius 2 is 2.20 bits per heavy atom. The topological polar surface area (TPSA) is 21.3 Å². The molecule has 1 aliphatic rings. The molecule has 20 heavy (non-hydrogen) atoms. The minimum atomic E-state index is 0.187. The predicted molar refractivity (Wildman–Crippen MR) is 88.6 cm³/mol. The van der Waals surface area contributed by atoms with Crippen LogP contribution in [0.4, 0.5) is 5.69 Å². The zero-order valence-corrected chi connectivity index (χ0v) is 13.5. The van der Waals surface area contributed by atoms with Crippen LogP contribution in [0.2, 0.25) is 0 Å². The zero-order chi connectivity index (χ0) is 14.6. The molecule has 1 N–H and O–H groups in total. The molecule has 1 aromatic carbocycles. The molecule has 0 aromatic heterocycles. The van der Waals surface area contributed by atoms with Crippen molar-refractivity contribution >= 4 is 17.4 Å². The molecular formula is C17H25NOS. The second kappa shape index (κ2) is 6.68. The number of anilines is 1. The van der Waals surface area contributed by atoms with Gasteiger partial charge in [0.15, 0.2) is 0 Å². The third kappa shape index (κ3) is 3.21. The van der Waals surface area contributed by atoms with Gasteiger partial charge in [0.1, 0.15) is 0 Å². The molecule has 2 atom stereocenters. The fourth-order valence-corrected chi connectivity index (χ4v) is 3.42. The minimum absolute atomic E-state index is 0.187. The maximum absolute atomic E-state index is 5.80. The number of thioether (sulfide) groups is 1. The molecule has 0 heterocycles. The summed E-state index contributed by atoms with van der Waals surface area (Å²) in [6, 6.07) is 8.99. The lowest BCUT2D eigenvalue weighted by molar-refractivity contribution is -0.0976. The van der Waals surface area contributed by atoms with Crippen LogP contribution in [0.5, 0.6) is 0 Å². The summed E-state index contributed by atoms with van der Waals surface area (Å²) >= 11 is 1.82. The number of rotatable bonds is 7. The summed E-state index contributed by atoms with van der Waals surface area (Å²) in [7, 11) is 0. The molecule has 1 saturated carbocycles. The lowest BCUT2D eigenvalue weighted by atomic mass is 9.64. The van der Waals surface area contributed by atoms with E-state index < -0.39 is 0 Å². The van der Waals surface area contributed by atoms with Crippen molar-refractivity contribution in [3.8, 4) is 0 Å². The van der Waals surface area contributed by atoms with Crippen LogP contribution in [0, 0.1) is 5.41 Å². The summed E-state index contributed by atoms with van der Waals surface area (Å²) in [5.41, 5.74) is 1.42. The Balaban J connectivity index is 2.02. The summed E-state index contributed by atoms with van der Waals surface area (Å²) in [5, 5.41) is 3.70. The van der Waals surface area contributed by atoms with E-state index >= 15 is 0 Å². The van der Waals surface area contributed by atoms with Gasteiger partial charge in [-0.25, -0.2) is 0 Å². The summed E-state index contributed by atoms with van der Waals surface area (Å²) in [6.07, 6.45) is 3.40. The van der Waals surface area contributed by atoms with Crippen molar-refractivity contribution in [1.29, 1.82) is 0 Å². The molecule has 1 aromatic rings. The van der Waals surface area contributed by atoms with Gasteiger partial charge in [-0.15, -0.1) is 18.3 Å². The number of hydrogen-bond donors (Lipinski definition) is 1. The van der Waals surface area contributed by atoms with Crippen molar-refractivity contribution in [3.05, 3.63) is 36.9 Å². The number of benzene rings is 1. The standard InChI is InChI=1S/C17H25NOS/c1-5-11-20-14-10-8-7-9-13(14)18-15-12-16(19-6-2)17(15,3)4/h5,7-10,15-16,18H,1,6,11-12H2,2-4H3. The van der Waals surface area contributed by atoms with E-state index in [1.54, 1.807) is 0 Å². The molecule has 2 nitrogen and oxygen atoms in total. The minimum Gasteiger partial charge on any atom is -0.381 e. The van der Waals surface area contributed by atoms with E-state index in [9.17, 15) is 0 Å². The molecule has 0 amide bonds. The zero-order valence-electron chi connectivity index (χ0n) is 12.7. The monoisotopic (exact) mass is 291 g/mol. The fourth-order valence-electron chi connectivity index (χ4n) is 2.66. The molecule has 1 fully saturated rings. The maximum Gasteiger partial charge on any atom is 0.0665 e.